The predicted molar refractivity (Wildman–Crippen MR) is 61.8 cm³/mol. The molecule has 0 aliphatic heterocycles. The Morgan fingerprint density at radius 1 is 0.778 bits per heavy atom. The van der Waals surface area contributed by atoms with Crippen LogP contribution in [0.3, 0.4) is 0 Å². The van der Waals surface area contributed by atoms with Gasteiger partial charge in [0.25, 0.3) is 0 Å². The van der Waals surface area contributed by atoms with Gasteiger partial charge in [0.05, 0.1) is 52.7 Å². The van der Waals surface area contributed by atoms with Crippen LogP contribution in [0.15, 0.2) is 9.98 Å². The van der Waals surface area contributed by atoms with E-state index in [1.807, 2.05) is 0 Å². The maximum absolute atomic E-state index is 9.52. The maximum Gasteiger partial charge on any atom is 0.235 e. The van der Waals surface area contributed by atoms with Crippen LogP contribution in [0.25, 0.3) is 0 Å². The molecule has 0 spiro atoms. The van der Waals surface area contributed by atoms with Crippen LogP contribution in [0.5, 0.6) is 0 Å². The van der Waals surface area contributed by atoms with Crippen LogP contribution in [0.4, 0.5) is 0 Å². The number of ether oxygens (including phenoxy) is 2. The van der Waals surface area contributed by atoms with Crippen LogP contribution in [0.2, 0.25) is 0 Å². The molecular weight excluding hydrogens is 244 g/mol. The molecule has 0 saturated heterocycles. The molecule has 104 valence electrons. The third-order valence-corrected chi connectivity index (χ3v) is 1.30. The van der Waals surface area contributed by atoms with Gasteiger partial charge in [-0.25, -0.2) is 19.6 Å². The molecule has 0 fully saturated rings. The Bertz CT molecular complexity index is 225. The molecule has 18 heavy (non-hydrogen) atoms. The average Bonchev–Trinajstić information content (AvgIpc) is 2.39. The van der Waals surface area contributed by atoms with E-state index in [9.17, 15) is 9.59 Å². The first-order valence-electron chi connectivity index (χ1n) is 5.28. The topological polar surface area (TPSA) is 118 Å². The highest BCUT2D eigenvalue weighted by atomic mass is 16.5. The molecule has 0 amide bonds. The fraction of sp³-hybridized carbons (Fsp3) is 0.800. The van der Waals surface area contributed by atoms with Crippen molar-refractivity contribution < 1.29 is 29.3 Å². The van der Waals surface area contributed by atoms with Gasteiger partial charge in [0.2, 0.25) is 12.2 Å². The Kier molecular flexibility index (Phi) is 22.1. The first kappa shape index (κ1) is 19.0. The Morgan fingerprint density at radius 2 is 1.17 bits per heavy atom. The molecule has 8 heteroatoms. The van der Waals surface area contributed by atoms with Gasteiger partial charge in [-0.2, -0.15) is 0 Å². The number of aliphatic hydroxyl groups excluding tert-OH is 2. The summed E-state index contributed by atoms with van der Waals surface area (Å²) in [6.45, 7) is 2.00. The second-order valence-corrected chi connectivity index (χ2v) is 2.62. The van der Waals surface area contributed by atoms with Crippen molar-refractivity contribution in [3.63, 3.8) is 0 Å². The molecule has 0 rings (SSSR count). The zero-order chi connectivity index (χ0) is 13.9. The van der Waals surface area contributed by atoms with Gasteiger partial charge < -0.3 is 19.7 Å². The van der Waals surface area contributed by atoms with Crippen molar-refractivity contribution in [3.8, 4) is 0 Å². The minimum atomic E-state index is 0.0278. The Hall–Kier alpha value is -1.40. The number of rotatable bonds is 10. The van der Waals surface area contributed by atoms with Crippen molar-refractivity contribution in [2.24, 2.45) is 9.98 Å². The van der Waals surface area contributed by atoms with Crippen LogP contribution in [0, 0.1) is 0 Å². The molecule has 8 nitrogen and oxygen atoms in total. The minimum Gasteiger partial charge on any atom is -0.394 e. The SMILES string of the molecule is O=C=NCCOCCN=C=O.OCCOCCO. The summed E-state index contributed by atoms with van der Waals surface area (Å²) >= 11 is 0. The lowest BCUT2D eigenvalue weighted by atomic mass is 10.7. The third-order valence-electron chi connectivity index (χ3n) is 1.30. The minimum absolute atomic E-state index is 0.0278. The molecule has 0 unspecified atom stereocenters. The molecule has 0 heterocycles. The summed E-state index contributed by atoms with van der Waals surface area (Å²) in [7, 11) is 0. The molecule has 0 atom stereocenters. The van der Waals surface area contributed by atoms with Gasteiger partial charge in [-0.15, -0.1) is 0 Å². The summed E-state index contributed by atoms with van der Waals surface area (Å²) in [5, 5.41) is 16.2. The zero-order valence-electron chi connectivity index (χ0n) is 10.1. The highest BCUT2D eigenvalue weighted by molar-refractivity contribution is 5.32. The molecule has 0 saturated carbocycles. The molecule has 0 aliphatic carbocycles. The van der Waals surface area contributed by atoms with Gasteiger partial charge in [0.15, 0.2) is 0 Å². The van der Waals surface area contributed by atoms with Crippen LogP contribution >= 0.6 is 0 Å². The van der Waals surface area contributed by atoms with Crippen molar-refractivity contribution in [2.45, 2.75) is 0 Å². The lowest BCUT2D eigenvalue weighted by Crippen LogP contribution is -2.03. The average molecular weight is 262 g/mol. The van der Waals surface area contributed by atoms with Crippen molar-refractivity contribution in [1.82, 2.24) is 0 Å². The zero-order valence-corrected chi connectivity index (χ0v) is 10.1. The molecule has 0 bridgehead atoms. The number of nitrogens with zero attached hydrogens (tertiary/aromatic N) is 2. The highest BCUT2D eigenvalue weighted by Gasteiger charge is 1.84. The van der Waals surface area contributed by atoms with Crippen molar-refractivity contribution >= 4 is 12.2 Å². The second-order valence-electron chi connectivity index (χ2n) is 2.62. The van der Waals surface area contributed by atoms with E-state index in [0.717, 1.165) is 0 Å². The molecule has 0 aliphatic rings. The summed E-state index contributed by atoms with van der Waals surface area (Å²) in [5.74, 6) is 0. The highest BCUT2D eigenvalue weighted by Crippen LogP contribution is 1.76. The maximum atomic E-state index is 9.52. The van der Waals surface area contributed by atoms with Crippen molar-refractivity contribution in [1.29, 1.82) is 0 Å². The summed E-state index contributed by atoms with van der Waals surface area (Å²) < 4.78 is 9.52. The smallest absolute Gasteiger partial charge is 0.235 e. The summed E-state index contributed by atoms with van der Waals surface area (Å²) in [5.41, 5.74) is 0. The van der Waals surface area contributed by atoms with E-state index < -0.39 is 0 Å². The van der Waals surface area contributed by atoms with Gasteiger partial charge in [0, 0.05) is 0 Å². The Balaban J connectivity index is 0. The fourth-order valence-electron chi connectivity index (χ4n) is 0.645. The molecule has 0 aromatic rings. The number of aliphatic hydroxyl groups is 2. The molecule has 2 N–H and O–H groups in total. The van der Waals surface area contributed by atoms with Gasteiger partial charge in [-0.05, 0) is 0 Å². The van der Waals surface area contributed by atoms with Crippen LogP contribution in [0.1, 0.15) is 0 Å². The monoisotopic (exact) mass is 262 g/mol. The summed E-state index contributed by atoms with van der Waals surface area (Å²) in [4.78, 5) is 25.5. The number of isocyanates is 2. The lowest BCUT2D eigenvalue weighted by molar-refractivity contribution is 0.0650. The van der Waals surface area contributed by atoms with E-state index in [4.69, 9.17) is 14.9 Å². The first-order chi connectivity index (χ1) is 8.83. The van der Waals surface area contributed by atoms with Crippen molar-refractivity contribution in [3.05, 3.63) is 0 Å². The number of hydrogen-bond donors (Lipinski definition) is 2. The van der Waals surface area contributed by atoms with Gasteiger partial charge in [0.1, 0.15) is 0 Å². The van der Waals surface area contributed by atoms with E-state index in [2.05, 4.69) is 14.7 Å². The van der Waals surface area contributed by atoms with Crippen molar-refractivity contribution in [2.75, 3.05) is 52.7 Å². The fourth-order valence-corrected chi connectivity index (χ4v) is 0.645. The van der Waals surface area contributed by atoms with Crippen LogP contribution < -0.4 is 0 Å². The third kappa shape index (κ3) is 24.0. The molecule has 0 aromatic heterocycles. The summed E-state index contributed by atoms with van der Waals surface area (Å²) in [6.07, 6.45) is 2.76. The largest absolute Gasteiger partial charge is 0.394 e. The van der Waals surface area contributed by atoms with E-state index in [1.165, 1.54) is 12.2 Å². The van der Waals surface area contributed by atoms with E-state index in [-0.39, 0.29) is 13.2 Å². The quantitative estimate of drug-likeness (QED) is 0.286. The van der Waals surface area contributed by atoms with E-state index >= 15 is 0 Å². The molecule has 0 aromatic carbocycles. The van der Waals surface area contributed by atoms with E-state index in [1.54, 1.807) is 0 Å². The van der Waals surface area contributed by atoms with Crippen LogP contribution in [-0.4, -0.2) is 75.1 Å². The summed E-state index contributed by atoms with van der Waals surface area (Å²) in [6, 6.07) is 0. The first-order valence-corrected chi connectivity index (χ1v) is 5.28. The second kappa shape index (κ2) is 20.9. The van der Waals surface area contributed by atoms with Crippen LogP contribution in [-0.2, 0) is 19.1 Å². The number of carbonyl (C=O) groups excluding carboxylic acids is 2. The Morgan fingerprint density at radius 3 is 1.50 bits per heavy atom. The van der Waals surface area contributed by atoms with Gasteiger partial charge in [-0.3, -0.25) is 0 Å². The number of hydrogen-bond acceptors (Lipinski definition) is 8. The van der Waals surface area contributed by atoms with Gasteiger partial charge in [-0.1, -0.05) is 0 Å². The molecular formula is C10H18N2O6. The Labute approximate surface area is 105 Å². The van der Waals surface area contributed by atoms with E-state index in [0.29, 0.717) is 39.5 Å². The predicted octanol–water partition coefficient (Wildman–Crippen LogP) is -1.34. The van der Waals surface area contributed by atoms with Gasteiger partial charge >= 0.3 is 0 Å². The lowest BCUT2D eigenvalue weighted by Gasteiger charge is -1.95. The number of aliphatic imine (C=N–C) groups is 2. The standard InChI is InChI=1S/C6H8N2O3.C4H10O3/c9-5-7-1-3-11-4-2-8-6-10;5-1-3-7-4-2-6/h1-4H2;5-6H,1-4H2. The normalized spacial score (nSPS) is 8.56. The molecule has 0 radical (unpaired) electrons.